The number of methoxy groups -OCH3 is 1. The van der Waals surface area contributed by atoms with Crippen molar-refractivity contribution in [3.05, 3.63) is 0 Å². The standard InChI is InChI=1S/C12H24N2O2/c1-10(2)13(3)9-12(15)14-7-5-11(16-4)6-8-14/h10-11H,5-9H2,1-4H3. The molecular formula is C12H24N2O2. The van der Waals surface area contributed by atoms with Crippen LogP contribution in [-0.2, 0) is 9.53 Å². The van der Waals surface area contributed by atoms with Gasteiger partial charge < -0.3 is 9.64 Å². The van der Waals surface area contributed by atoms with Crippen LogP contribution in [-0.4, -0.2) is 61.6 Å². The minimum absolute atomic E-state index is 0.241. The van der Waals surface area contributed by atoms with Crippen LogP contribution in [0.15, 0.2) is 0 Å². The molecule has 0 saturated carbocycles. The zero-order valence-electron chi connectivity index (χ0n) is 10.9. The molecule has 0 N–H and O–H groups in total. The fourth-order valence-corrected chi connectivity index (χ4v) is 1.84. The predicted molar refractivity (Wildman–Crippen MR) is 64.4 cm³/mol. The summed E-state index contributed by atoms with van der Waals surface area (Å²) < 4.78 is 5.29. The minimum Gasteiger partial charge on any atom is -0.381 e. The summed E-state index contributed by atoms with van der Waals surface area (Å²) in [6.07, 6.45) is 2.27. The summed E-state index contributed by atoms with van der Waals surface area (Å²) in [5.74, 6) is 0.241. The quantitative estimate of drug-likeness (QED) is 0.718. The molecule has 0 unspecified atom stereocenters. The number of carbonyl (C=O) groups excluding carboxylic acids is 1. The Balaban J connectivity index is 2.33. The Morgan fingerprint density at radius 3 is 2.44 bits per heavy atom. The lowest BCUT2D eigenvalue weighted by molar-refractivity contribution is -0.134. The van der Waals surface area contributed by atoms with Crippen molar-refractivity contribution < 1.29 is 9.53 Å². The summed E-state index contributed by atoms with van der Waals surface area (Å²) in [6.45, 7) is 6.40. The number of ether oxygens (including phenoxy) is 1. The summed E-state index contributed by atoms with van der Waals surface area (Å²) in [5.41, 5.74) is 0. The second-order valence-corrected chi connectivity index (χ2v) is 4.82. The summed E-state index contributed by atoms with van der Waals surface area (Å²) in [5, 5.41) is 0. The van der Waals surface area contributed by atoms with E-state index >= 15 is 0 Å². The number of likely N-dealkylation sites (tertiary alicyclic amines) is 1. The molecule has 0 aromatic carbocycles. The number of piperidine rings is 1. The summed E-state index contributed by atoms with van der Waals surface area (Å²) in [7, 11) is 3.74. The molecule has 0 aromatic rings. The van der Waals surface area contributed by atoms with Gasteiger partial charge >= 0.3 is 0 Å². The van der Waals surface area contributed by atoms with Gasteiger partial charge in [-0.25, -0.2) is 0 Å². The van der Waals surface area contributed by atoms with E-state index in [-0.39, 0.29) is 5.91 Å². The first-order chi connectivity index (χ1) is 7.54. The van der Waals surface area contributed by atoms with E-state index in [4.69, 9.17) is 4.74 Å². The Hall–Kier alpha value is -0.610. The van der Waals surface area contributed by atoms with E-state index in [0.29, 0.717) is 18.7 Å². The number of rotatable bonds is 4. The molecule has 0 atom stereocenters. The van der Waals surface area contributed by atoms with Crippen LogP contribution in [0.3, 0.4) is 0 Å². The van der Waals surface area contributed by atoms with Gasteiger partial charge in [0.15, 0.2) is 0 Å². The number of carbonyl (C=O) groups is 1. The number of hydrogen-bond acceptors (Lipinski definition) is 3. The molecule has 4 nitrogen and oxygen atoms in total. The molecule has 0 radical (unpaired) electrons. The average Bonchev–Trinajstić information content (AvgIpc) is 2.28. The Kier molecular flexibility index (Phi) is 5.22. The lowest BCUT2D eigenvalue weighted by atomic mass is 10.1. The van der Waals surface area contributed by atoms with Crippen molar-refractivity contribution in [1.29, 1.82) is 0 Å². The molecule has 1 amide bonds. The first-order valence-electron chi connectivity index (χ1n) is 6.05. The molecule has 4 heteroatoms. The molecule has 0 bridgehead atoms. The van der Waals surface area contributed by atoms with Gasteiger partial charge in [0.2, 0.25) is 5.91 Å². The minimum atomic E-state index is 0.241. The van der Waals surface area contributed by atoms with E-state index < -0.39 is 0 Å². The van der Waals surface area contributed by atoms with E-state index in [1.54, 1.807) is 7.11 Å². The Morgan fingerprint density at radius 2 is 2.00 bits per heavy atom. The molecular weight excluding hydrogens is 204 g/mol. The van der Waals surface area contributed by atoms with E-state index in [1.807, 2.05) is 11.9 Å². The van der Waals surface area contributed by atoms with Crippen LogP contribution >= 0.6 is 0 Å². The zero-order valence-corrected chi connectivity index (χ0v) is 10.9. The molecule has 16 heavy (non-hydrogen) atoms. The van der Waals surface area contributed by atoms with Gasteiger partial charge in [-0.3, -0.25) is 9.69 Å². The van der Waals surface area contributed by atoms with Gasteiger partial charge in [0.1, 0.15) is 0 Å². The summed E-state index contributed by atoms with van der Waals surface area (Å²) in [6, 6.07) is 0.417. The van der Waals surface area contributed by atoms with Crippen LogP contribution in [0.5, 0.6) is 0 Å². The van der Waals surface area contributed by atoms with Crippen LogP contribution in [0.4, 0.5) is 0 Å². The number of likely N-dealkylation sites (N-methyl/N-ethyl adjacent to an activating group) is 1. The van der Waals surface area contributed by atoms with Gasteiger partial charge in [-0.15, -0.1) is 0 Å². The fourth-order valence-electron chi connectivity index (χ4n) is 1.84. The van der Waals surface area contributed by atoms with Crippen molar-refractivity contribution in [2.45, 2.75) is 38.8 Å². The molecule has 94 valence electrons. The highest BCUT2D eigenvalue weighted by molar-refractivity contribution is 5.78. The molecule has 1 heterocycles. The normalized spacial score (nSPS) is 18.5. The van der Waals surface area contributed by atoms with Crippen LogP contribution in [0.2, 0.25) is 0 Å². The monoisotopic (exact) mass is 228 g/mol. The van der Waals surface area contributed by atoms with Crippen LogP contribution in [0, 0.1) is 0 Å². The molecule has 0 aromatic heterocycles. The molecule has 0 aliphatic carbocycles. The molecule has 1 aliphatic rings. The SMILES string of the molecule is COC1CCN(C(=O)CN(C)C(C)C)CC1. The third-order valence-electron chi connectivity index (χ3n) is 3.39. The maximum absolute atomic E-state index is 12.0. The number of hydrogen-bond donors (Lipinski definition) is 0. The van der Waals surface area contributed by atoms with Gasteiger partial charge in [0.05, 0.1) is 12.6 Å². The van der Waals surface area contributed by atoms with Gasteiger partial charge in [0.25, 0.3) is 0 Å². The van der Waals surface area contributed by atoms with E-state index in [1.165, 1.54) is 0 Å². The second-order valence-electron chi connectivity index (χ2n) is 4.82. The third-order valence-corrected chi connectivity index (χ3v) is 3.39. The van der Waals surface area contributed by atoms with Crippen LogP contribution < -0.4 is 0 Å². The fraction of sp³-hybridized carbons (Fsp3) is 0.917. The summed E-state index contributed by atoms with van der Waals surface area (Å²) >= 11 is 0. The zero-order chi connectivity index (χ0) is 12.1. The van der Waals surface area contributed by atoms with Crippen molar-refractivity contribution in [2.75, 3.05) is 33.8 Å². The van der Waals surface area contributed by atoms with Crippen molar-refractivity contribution in [3.8, 4) is 0 Å². The van der Waals surface area contributed by atoms with Crippen molar-refractivity contribution in [1.82, 2.24) is 9.80 Å². The maximum atomic E-state index is 12.0. The Bertz CT molecular complexity index is 223. The second kappa shape index (κ2) is 6.21. The smallest absolute Gasteiger partial charge is 0.236 e. The van der Waals surface area contributed by atoms with Gasteiger partial charge in [0, 0.05) is 26.2 Å². The van der Waals surface area contributed by atoms with Gasteiger partial charge in [-0.2, -0.15) is 0 Å². The highest BCUT2D eigenvalue weighted by Crippen LogP contribution is 2.13. The van der Waals surface area contributed by atoms with Crippen LogP contribution in [0.1, 0.15) is 26.7 Å². The molecule has 1 saturated heterocycles. The highest BCUT2D eigenvalue weighted by Gasteiger charge is 2.23. The topological polar surface area (TPSA) is 32.8 Å². The van der Waals surface area contributed by atoms with Crippen molar-refractivity contribution in [2.24, 2.45) is 0 Å². The van der Waals surface area contributed by atoms with E-state index in [0.717, 1.165) is 25.9 Å². The molecule has 1 aliphatic heterocycles. The summed E-state index contributed by atoms with van der Waals surface area (Å²) in [4.78, 5) is 16.0. The number of amides is 1. The molecule has 1 fully saturated rings. The number of nitrogens with zero attached hydrogens (tertiary/aromatic N) is 2. The van der Waals surface area contributed by atoms with E-state index in [9.17, 15) is 4.79 Å². The van der Waals surface area contributed by atoms with Crippen LogP contribution in [0.25, 0.3) is 0 Å². The predicted octanol–water partition coefficient (Wildman–Crippen LogP) is 0.964. The van der Waals surface area contributed by atoms with E-state index in [2.05, 4.69) is 18.7 Å². The Labute approximate surface area is 98.5 Å². The molecule has 1 rings (SSSR count). The Morgan fingerprint density at radius 1 is 1.44 bits per heavy atom. The first-order valence-corrected chi connectivity index (χ1v) is 6.05. The van der Waals surface area contributed by atoms with Crippen molar-refractivity contribution >= 4 is 5.91 Å². The lowest BCUT2D eigenvalue weighted by Gasteiger charge is -2.33. The van der Waals surface area contributed by atoms with Gasteiger partial charge in [-0.1, -0.05) is 0 Å². The van der Waals surface area contributed by atoms with Gasteiger partial charge in [-0.05, 0) is 33.7 Å². The molecule has 0 spiro atoms. The average molecular weight is 228 g/mol. The highest BCUT2D eigenvalue weighted by atomic mass is 16.5. The maximum Gasteiger partial charge on any atom is 0.236 e. The van der Waals surface area contributed by atoms with Crippen molar-refractivity contribution in [3.63, 3.8) is 0 Å². The largest absolute Gasteiger partial charge is 0.381 e. The first kappa shape index (κ1) is 13.5. The third kappa shape index (κ3) is 3.76. The lowest BCUT2D eigenvalue weighted by Crippen LogP contribution is -2.45.